The van der Waals surface area contributed by atoms with Crippen LogP contribution in [-0.4, -0.2) is 48.3 Å². The number of likely N-dealkylation sites (N-methyl/N-ethyl adjacent to an activating group) is 1. The maximum Gasteiger partial charge on any atom is 0.325 e. The van der Waals surface area contributed by atoms with E-state index in [2.05, 4.69) is 4.74 Å². The van der Waals surface area contributed by atoms with Crippen LogP contribution in [0.25, 0.3) is 0 Å². The molecule has 1 heterocycles. The number of hydrogen-bond acceptors (Lipinski definition) is 4. The van der Waals surface area contributed by atoms with Gasteiger partial charge in [-0.2, -0.15) is 0 Å². The molecule has 0 radical (unpaired) electrons. The average Bonchev–Trinajstić information content (AvgIpc) is 2.16. The first-order valence-electron chi connectivity index (χ1n) is 4.70. The lowest BCUT2D eigenvalue weighted by atomic mass is 9.99. The van der Waals surface area contributed by atoms with Gasteiger partial charge in [0.25, 0.3) is 0 Å². The monoisotopic (exact) mass is 187 g/mol. The van der Waals surface area contributed by atoms with Crippen molar-refractivity contribution in [2.75, 3.05) is 20.2 Å². The van der Waals surface area contributed by atoms with Crippen LogP contribution >= 0.6 is 0 Å². The van der Waals surface area contributed by atoms with Crippen LogP contribution in [0.3, 0.4) is 0 Å². The third kappa shape index (κ3) is 2.19. The molecule has 0 aliphatic carbocycles. The van der Waals surface area contributed by atoms with Crippen molar-refractivity contribution >= 4 is 5.97 Å². The SMILES string of the molecule is CCN1CCC[C@H](O)[C@@H]1C(=O)OC. The van der Waals surface area contributed by atoms with Crippen LogP contribution in [0.5, 0.6) is 0 Å². The summed E-state index contributed by atoms with van der Waals surface area (Å²) in [4.78, 5) is 13.3. The fourth-order valence-corrected chi connectivity index (χ4v) is 1.83. The summed E-state index contributed by atoms with van der Waals surface area (Å²) in [5, 5.41) is 9.63. The fourth-order valence-electron chi connectivity index (χ4n) is 1.83. The maximum atomic E-state index is 11.3. The van der Waals surface area contributed by atoms with Gasteiger partial charge >= 0.3 is 5.97 Å². The topological polar surface area (TPSA) is 49.8 Å². The number of hydrogen-bond donors (Lipinski definition) is 1. The standard InChI is InChI=1S/C9H17NO3/c1-3-10-6-4-5-7(11)8(10)9(12)13-2/h7-8,11H,3-6H2,1-2H3/t7-,8+/m0/s1. The normalized spacial score (nSPS) is 30.1. The number of esters is 1. The van der Waals surface area contributed by atoms with E-state index < -0.39 is 12.1 Å². The Morgan fingerprint density at radius 3 is 2.92 bits per heavy atom. The molecule has 0 bridgehead atoms. The Labute approximate surface area is 78.5 Å². The van der Waals surface area contributed by atoms with Crippen LogP contribution in [0.2, 0.25) is 0 Å². The smallest absolute Gasteiger partial charge is 0.325 e. The van der Waals surface area contributed by atoms with Crippen molar-refractivity contribution in [2.45, 2.75) is 31.9 Å². The minimum Gasteiger partial charge on any atom is -0.468 e. The van der Waals surface area contributed by atoms with Crippen molar-refractivity contribution in [2.24, 2.45) is 0 Å². The second kappa shape index (κ2) is 4.58. The highest BCUT2D eigenvalue weighted by molar-refractivity contribution is 5.76. The van der Waals surface area contributed by atoms with Gasteiger partial charge in [-0.15, -0.1) is 0 Å². The molecule has 1 N–H and O–H groups in total. The molecule has 13 heavy (non-hydrogen) atoms. The Hall–Kier alpha value is -0.610. The number of nitrogens with zero attached hydrogens (tertiary/aromatic N) is 1. The number of ether oxygens (including phenoxy) is 1. The van der Waals surface area contributed by atoms with E-state index in [1.807, 2.05) is 11.8 Å². The molecule has 1 aliphatic heterocycles. The van der Waals surface area contributed by atoms with Crippen molar-refractivity contribution < 1.29 is 14.6 Å². The minimum atomic E-state index is -0.568. The van der Waals surface area contributed by atoms with Crippen molar-refractivity contribution in [1.82, 2.24) is 4.90 Å². The molecule has 0 aromatic carbocycles. The number of piperidine rings is 1. The van der Waals surface area contributed by atoms with Gasteiger partial charge in [0.2, 0.25) is 0 Å². The number of rotatable bonds is 2. The van der Waals surface area contributed by atoms with Crippen molar-refractivity contribution in [1.29, 1.82) is 0 Å². The number of aliphatic hydroxyl groups is 1. The minimum absolute atomic E-state index is 0.325. The third-order valence-corrected chi connectivity index (χ3v) is 2.55. The molecule has 1 saturated heterocycles. The highest BCUT2D eigenvalue weighted by atomic mass is 16.5. The van der Waals surface area contributed by atoms with Crippen LogP contribution in [0.1, 0.15) is 19.8 Å². The van der Waals surface area contributed by atoms with Crippen LogP contribution in [0.15, 0.2) is 0 Å². The second-order valence-electron chi connectivity index (χ2n) is 3.31. The van der Waals surface area contributed by atoms with E-state index in [0.717, 1.165) is 19.5 Å². The summed E-state index contributed by atoms with van der Waals surface area (Å²) in [5.41, 5.74) is 0. The highest BCUT2D eigenvalue weighted by Gasteiger charge is 2.35. The molecule has 1 aliphatic rings. The number of carbonyl (C=O) groups is 1. The van der Waals surface area contributed by atoms with Gasteiger partial charge < -0.3 is 9.84 Å². The summed E-state index contributed by atoms with van der Waals surface area (Å²) >= 11 is 0. The number of likely N-dealkylation sites (tertiary alicyclic amines) is 1. The van der Waals surface area contributed by atoms with Crippen molar-refractivity contribution in [3.8, 4) is 0 Å². The van der Waals surface area contributed by atoms with Crippen molar-refractivity contribution in [3.05, 3.63) is 0 Å². The molecule has 76 valence electrons. The first-order chi connectivity index (χ1) is 6.20. The summed E-state index contributed by atoms with van der Waals surface area (Å²) in [6.45, 7) is 3.62. The predicted octanol–water partition coefficient (Wildman–Crippen LogP) is 0.00460. The molecule has 2 atom stereocenters. The molecule has 0 unspecified atom stereocenters. The molecule has 0 saturated carbocycles. The molecule has 4 nitrogen and oxygen atoms in total. The largest absolute Gasteiger partial charge is 0.468 e. The van der Waals surface area contributed by atoms with Gasteiger partial charge in [-0.05, 0) is 25.9 Å². The number of carbonyl (C=O) groups excluding carboxylic acids is 1. The van der Waals surface area contributed by atoms with Gasteiger partial charge in [0.15, 0.2) is 0 Å². The Morgan fingerprint density at radius 2 is 2.38 bits per heavy atom. The van der Waals surface area contributed by atoms with Gasteiger partial charge in [-0.3, -0.25) is 9.69 Å². The van der Waals surface area contributed by atoms with Crippen LogP contribution in [0, 0.1) is 0 Å². The van der Waals surface area contributed by atoms with Gasteiger partial charge in [-0.25, -0.2) is 0 Å². The van der Waals surface area contributed by atoms with Crippen LogP contribution in [0.4, 0.5) is 0 Å². The van der Waals surface area contributed by atoms with E-state index in [9.17, 15) is 9.90 Å². The Morgan fingerprint density at radius 1 is 1.69 bits per heavy atom. The molecule has 0 spiro atoms. The molecule has 0 aromatic heterocycles. The molecular formula is C9H17NO3. The summed E-state index contributed by atoms with van der Waals surface area (Å²) in [7, 11) is 1.36. The summed E-state index contributed by atoms with van der Waals surface area (Å²) in [6, 6.07) is -0.455. The van der Waals surface area contributed by atoms with Crippen molar-refractivity contribution in [3.63, 3.8) is 0 Å². The van der Waals surface area contributed by atoms with E-state index in [4.69, 9.17) is 0 Å². The molecule has 1 fully saturated rings. The zero-order chi connectivity index (χ0) is 9.84. The van der Waals surface area contributed by atoms with Gasteiger partial charge in [-0.1, -0.05) is 6.92 Å². The molecule has 0 aromatic rings. The lowest BCUT2D eigenvalue weighted by molar-refractivity contribution is -0.153. The fraction of sp³-hybridized carbons (Fsp3) is 0.889. The summed E-state index contributed by atoms with van der Waals surface area (Å²) in [5.74, 6) is -0.325. The third-order valence-electron chi connectivity index (χ3n) is 2.55. The summed E-state index contributed by atoms with van der Waals surface area (Å²) < 4.78 is 4.65. The first kappa shape index (κ1) is 10.5. The van der Waals surface area contributed by atoms with Gasteiger partial charge in [0.05, 0.1) is 13.2 Å². The van der Waals surface area contributed by atoms with E-state index in [0.29, 0.717) is 6.42 Å². The maximum absolute atomic E-state index is 11.3. The molecule has 4 heteroatoms. The van der Waals surface area contributed by atoms with Gasteiger partial charge in [0, 0.05) is 0 Å². The highest BCUT2D eigenvalue weighted by Crippen LogP contribution is 2.18. The molecular weight excluding hydrogens is 170 g/mol. The quantitative estimate of drug-likeness (QED) is 0.618. The molecule has 1 rings (SSSR count). The second-order valence-corrected chi connectivity index (χ2v) is 3.31. The van der Waals surface area contributed by atoms with E-state index in [-0.39, 0.29) is 5.97 Å². The zero-order valence-corrected chi connectivity index (χ0v) is 8.19. The van der Waals surface area contributed by atoms with E-state index >= 15 is 0 Å². The number of aliphatic hydroxyl groups excluding tert-OH is 1. The first-order valence-corrected chi connectivity index (χ1v) is 4.70. The van der Waals surface area contributed by atoms with E-state index in [1.54, 1.807) is 0 Å². The molecule has 0 amide bonds. The Kier molecular flexibility index (Phi) is 3.69. The van der Waals surface area contributed by atoms with Crippen LogP contribution < -0.4 is 0 Å². The Balaban J connectivity index is 2.67. The van der Waals surface area contributed by atoms with Gasteiger partial charge in [0.1, 0.15) is 6.04 Å². The summed E-state index contributed by atoms with van der Waals surface area (Å²) in [6.07, 6.45) is 1.07. The number of methoxy groups -OCH3 is 1. The lowest BCUT2D eigenvalue weighted by Crippen LogP contribution is -2.52. The average molecular weight is 187 g/mol. The van der Waals surface area contributed by atoms with Crippen LogP contribution in [-0.2, 0) is 9.53 Å². The predicted molar refractivity (Wildman–Crippen MR) is 48.3 cm³/mol. The lowest BCUT2D eigenvalue weighted by Gasteiger charge is -2.36. The zero-order valence-electron chi connectivity index (χ0n) is 8.19. The Bertz CT molecular complexity index is 184. The van der Waals surface area contributed by atoms with E-state index in [1.165, 1.54) is 7.11 Å².